The Balaban J connectivity index is 1.92. The van der Waals surface area contributed by atoms with Crippen molar-refractivity contribution in [1.82, 2.24) is 10.3 Å². The van der Waals surface area contributed by atoms with E-state index in [0.29, 0.717) is 11.6 Å². The van der Waals surface area contributed by atoms with E-state index in [9.17, 15) is 4.79 Å². The smallest absolute Gasteiger partial charge is 0.239 e. The lowest BCUT2D eigenvalue weighted by Gasteiger charge is -2.09. The molecule has 0 bridgehead atoms. The van der Waals surface area contributed by atoms with E-state index in [1.807, 2.05) is 30.3 Å². The van der Waals surface area contributed by atoms with Gasteiger partial charge in [0.1, 0.15) is 12.3 Å². The maximum absolute atomic E-state index is 11.6. The zero-order chi connectivity index (χ0) is 14.4. The number of hydrogen-bond acceptors (Lipinski definition) is 5. The molecule has 2 rings (SSSR count). The summed E-state index contributed by atoms with van der Waals surface area (Å²) in [7, 11) is 1.50. The number of oxazole rings is 1. The summed E-state index contributed by atoms with van der Waals surface area (Å²) in [6.45, 7) is 0.451. The summed E-state index contributed by atoms with van der Waals surface area (Å²) in [5.74, 6) is 0.243. The van der Waals surface area contributed by atoms with Crippen LogP contribution in [0.3, 0.4) is 0 Å². The molecule has 0 aliphatic rings. The van der Waals surface area contributed by atoms with Crippen molar-refractivity contribution in [3.05, 3.63) is 42.3 Å². The zero-order valence-electron chi connectivity index (χ0n) is 11.2. The fraction of sp³-hybridized carbons (Fsp3) is 0.286. The predicted octanol–water partition coefficient (Wildman–Crippen LogP) is 0.932. The van der Waals surface area contributed by atoms with Crippen LogP contribution < -0.4 is 11.1 Å². The highest BCUT2D eigenvalue weighted by atomic mass is 16.5. The van der Waals surface area contributed by atoms with Gasteiger partial charge in [0.25, 0.3) is 0 Å². The normalized spacial score (nSPS) is 12.1. The standard InChI is InChI=1S/C14H17N3O3/c1-19-9-12(15)13(18)16-7-11-8-20-14(17-11)10-5-3-2-4-6-10/h2-6,8,12H,7,9,15H2,1H3,(H,16,18). The first-order chi connectivity index (χ1) is 9.70. The van der Waals surface area contributed by atoms with Gasteiger partial charge in [-0.2, -0.15) is 0 Å². The number of ether oxygens (including phenoxy) is 1. The average molecular weight is 275 g/mol. The minimum atomic E-state index is -0.680. The lowest BCUT2D eigenvalue weighted by molar-refractivity contribution is -0.123. The Bertz CT molecular complexity index is 554. The molecule has 3 N–H and O–H groups in total. The van der Waals surface area contributed by atoms with Crippen molar-refractivity contribution in [2.75, 3.05) is 13.7 Å². The number of rotatable bonds is 6. The summed E-state index contributed by atoms with van der Waals surface area (Å²) in [6, 6.07) is 8.87. The van der Waals surface area contributed by atoms with Crippen LogP contribution in [0.5, 0.6) is 0 Å². The van der Waals surface area contributed by atoms with Gasteiger partial charge >= 0.3 is 0 Å². The third-order valence-electron chi connectivity index (χ3n) is 2.70. The summed E-state index contributed by atoms with van der Waals surface area (Å²) in [6.07, 6.45) is 1.52. The van der Waals surface area contributed by atoms with Crippen LogP contribution in [0.4, 0.5) is 0 Å². The van der Waals surface area contributed by atoms with E-state index in [4.69, 9.17) is 14.9 Å². The molecule has 106 valence electrons. The van der Waals surface area contributed by atoms with Crippen molar-refractivity contribution in [3.63, 3.8) is 0 Å². The van der Waals surface area contributed by atoms with Gasteiger partial charge in [-0.25, -0.2) is 4.98 Å². The van der Waals surface area contributed by atoms with Crippen LogP contribution in [0.25, 0.3) is 11.5 Å². The summed E-state index contributed by atoms with van der Waals surface area (Å²) in [4.78, 5) is 15.9. The summed E-state index contributed by atoms with van der Waals surface area (Å²) in [5.41, 5.74) is 7.14. The highest BCUT2D eigenvalue weighted by Gasteiger charge is 2.13. The second kappa shape index (κ2) is 6.83. The second-order valence-corrected chi connectivity index (χ2v) is 4.29. The highest BCUT2D eigenvalue weighted by Crippen LogP contribution is 2.17. The van der Waals surface area contributed by atoms with E-state index in [1.54, 1.807) is 0 Å². The maximum atomic E-state index is 11.6. The van der Waals surface area contributed by atoms with Crippen molar-refractivity contribution < 1.29 is 13.9 Å². The molecule has 6 heteroatoms. The molecule has 1 aromatic heterocycles. The molecule has 2 aromatic rings. The molecule has 1 heterocycles. The molecule has 0 saturated heterocycles. The Morgan fingerprint density at radius 1 is 1.45 bits per heavy atom. The number of aromatic nitrogens is 1. The van der Waals surface area contributed by atoms with Crippen LogP contribution in [-0.4, -0.2) is 30.6 Å². The van der Waals surface area contributed by atoms with Crippen LogP contribution in [0.1, 0.15) is 5.69 Å². The van der Waals surface area contributed by atoms with Gasteiger partial charge in [-0.3, -0.25) is 4.79 Å². The molecule has 0 radical (unpaired) electrons. The largest absolute Gasteiger partial charge is 0.444 e. The highest BCUT2D eigenvalue weighted by molar-refractivity contribution is 5.81. The predicted molar refractivity (Wildman–Crippen MR) is 73.6 cm³/mol. The van der Waals surface area contributed by atoms with Crippen molar-refractivity contribution in [2.45, 2.75) is 12.6 Å². The molecule has 0 saturated carbocycles. The molecule has 20 heavy (non-hydrogen) atoms. The summed E-state index contributed by atoms with van der Waals surface area (Å²) in [5, 5.41) is 2.68. The van der Waals surface area contributed by atoms with Gasteiger partial charge in [-0.15, -0.1) is 0 Å². The molecule has 6 nitrogen and oxygen atoms in total. The van der Waals surface area contributed by atoms with Crippen molar-refractivity contribution in [2.24, 2.45) is 5.73 Å². The number of hydrogen-bond donors (Lipinski definition) is 2. The SMILES string of the molecule is COCC(N)C(=O)NCc1coc(-c2ccccc2)n1. The lowest BCUT2D eigenvalue weighted by atomic mass is 10.2. The summed E-state index contributed by atoms with van der Waals surface area (Å²) < 4.78 is 10.2. The second-order valence-electron chi connectivity index (χ2n) is 4.29. The molecule has 1 unspecified atom stereocenters. The number of carbonyl (C=O) groups excluding carboxylic acids is 1. The third kappa shape index (κ3) is 3.66. The fourth-order valence-corrected chi connectivity index (χ4v) is 1.67. The molecule has 0 aliphatic heterocycles. The topological polar surface area (TPSA) is 90.4 Å². The number of nitrogens with two attached hydrogens (primary N) is 1. The first-order valence-corrected chi connectivity index (χ1v) is 6.22. The van der Waals surface area contributed by atoms with Gasteiger partial charge < -0.3 is 20.2 Å². The maximum Gasteiger partial charge on any atom is 0.239 e. The molecular formula is C14H17N3O3. The number of methoxy groups -OCH3 is 1. The minimum Gasteiger partial charge on any atom is -0.444 e. The Hall–Kier alpha value is -2.18. The van der Waals surface area contributed by atoms with E-state index in [-0.39, 0.29) is 19.1 Å². The van der Waals surface area contributed by atoms with E-state index in [2.05, 4.69) is 10.3 Å². The van der Waals surface area contributed by atoms with E-state index in [1.165, 1.54) is 13.4 Å². The molecule has 0 fully saturated rings. The Kier molecular flexibility index (Phi) is 4.86. The van der Waals surface area contributed by atoms with Crippen LogP contribution in [0.2, 0.25) is 0 Å². The van der Waals surface area contributed by atoms with Gasteiger partial charge in [0.15, 0.2) is 0 Å². The Morgan fingerprint density at radius 3 is 2.90 bits per heavy atom. The number of amides is 1. The van der Waals surface area contributed by atoms with E-state index < -0.39 is 6.04 Å². The number of carbonyl (C=O) groups is 1. The van der Waals surface area contributed by atoms with Gasteiger partial charge in [0.05, 0.1) is 18.8 Å². The first kappa shape index (κ1) is 14.2. The lowest BCUT2D eigenvalue weighted by Crippen LogP contribution is -2.43. The van der Waals surface area contributed by atoms with Crippen LogP contribution >= 0.6 is 0 Å². The van der Waals surface area contributed by atoms with Crippen LogP contribution in [0.15, 0.2) is 41.0 Å². The molecule has 0 aliphatic carbocycles. The monoisotopic (exact) mass is 275 g/mol. The van der Waals surface area contributed by atoms with Crippen molar-refractivity contribution in [1.29, 1.82) is 0 Å². The Morgan fingerprint density at radius 2 is 2.20 bits per heavy atom. The Labute approximate surface area is 116 Å². The van der Waals surface area contributed by atoms with Crippen LogP contribution in [0, 0.1) is 0 Å². The number of benzene rings is 1. The van der Waals surface area contributed by atoms with Gasteiger partial charge in [-0.1, -0.05) is 18.2 Å². The average Bonchev–Trinajstić information content (AvgIpc) is 2.95. The third-order valence-corrected chi connectivity index (χ3v) is 2.70. The van der Waals surface area contributed by atoms with Gasteiger partial charge in [0, 0.05) is 12.7 Å². The molecule has 1 aromatic carbocycles. The summed E-state index contributed by atoms with van der Waals surface area (Å²) >= 11 is 0. The minimum absolute atomic E-state index is 0.180. The van der Waals surface area contributed by atoms with E-state index >= 15 is 0 Å². The fourth-order valence-electron chi connectivity index (χ4n) is 1.67. The van der Waals surface area contributed by atoms with Gasteiger partial charge in [-0.05, 0) is 12.1 Å². The zero-order valence-corrected chi connectivity index (χ0v) is 11.2. The van der Waals surface area contributed by atoms with Gasteiger partial charge in [0.2, 0.25) is 11.8 Å². The number of nitrogens with zero attached hydrogens (tertiary/aromatic N) is 1. The molecule has 1 atom stereocenters. The number of nitrogens with one attached hydrogen (secondary N) is 1. The molecule has 1 amide bonds. The van der Waals surface area contributed by atoms with Crippen molar-refractivity contribution >= 4 is 5.91 Å². The van der Waals surface area contributed by atoms with Crippen LogP contribution in [-0.2, 0) is 16.1 Å². The van der Waals surface area contributed by atoms with Crippen molar-refractivity contribution in [3.8, 4) is 11.5 Å². The molecule has 0 spiro atoms. The molecular weight excluding hydrogens is 258 g/mol. The van der Waals surface area contributed by atoms with E-state index in [0.717, 1.165) is 5.56 Å². The quantitative estimate of drug-likeness (QED) is 0.818. The first-order valence-electron chi connectivity index (χ1n) is 6.22.